The van der Waals surface area contributed by atoms with Crippen LogP contribution in [0.1, 0.15) is 41.0 Å². The van der Waals surface area contributed by atoms with Gasteiger partial charge in [0.1, 0.15) is 5.82 Å². The van der Waals surface area contributed by atoms with E-state index in [-0.39, 0.29) is 29.6 Å². The van der Waals surface area contributed by atoms with Crippen molar-refractivity contribution in [2.75, 3.05) is 13.1 Å². The molecule has 2 heterocycles. The van der Waals surface area contributed by atoms with E-state index in [1.807, 2.05) is 24.4 Å². The van der Waals surface area contributed by atoms with Gasteiger partial charge in [0, 0.05) is 29.4 Å². The van der Waals surface area contributed by atoms with Crippen LogP contribution in [0.3, 0.4) is 0 Å². The van der Waals surface area contributed by atoms with Gasteiger partial charge in [0.05, 0.1) is 6.04 Å². The first-order chi connectivity index (χ1) is 12.0. The number of halogens is 1. The number of rotatable bonds is 4. The normalized spacial score (nSPS) is 16.5. The Bertz CT molecular complexity index is 722. The predicted octanol–water partition coefficient (Wildman–Crippen LogP) is 3.62. The molecule has 2 amide bonds. The molecule has 1 aliphatic rings. The average molecular weight is 360 g/mol. The fourth-order valence-electron chi connectivity index (χ4n) is 3.06. The molecule has 1 N–H and O–H groups in total. The summed E-state index contributed by atoms with van der Waals surface area (Å²) in [7, 11) is 0. The lowest BCUT2D eigenvalue weighted by Gasteiger charge is -2.32. The lowest BCUT2D eigenvalue weighted by molar-refractivity contribution is -0.126. The van der Waals surface area contributed by atoms with Crippen LogP contribution in [0, 0.1) is 11.7 Å². The van der Waals surface area contributed by atoms with E-state index in [1.54, 1.807) is 16.2 Å². The van der Waals surface area contributed by atoms with Gasteiger partial charge in [0.2, 0.25) is 5.91 Å². The van der Waals surface area contributed by atoms with Crippen LogP contribution >= 0.6 is 11.3 Å². The molecule has 6 heteroatoms. The van der Waals surface area contributed by atoms with Gasteiger partial charge in [-0.2, -0.15) is 0 Å². The van der Waals surface area contributed by atoms with E-state index in [0.717, 1.165) is 4.88 Å². The van der Waals surface area contributed by atoms with E-state index in [9.17, 15) is 14.0 Å². The van der Waals surface area contributed by atoms with E-state index in [0.29, 0.717) is 31.5 Å². The van der Waals surface area contributed by atoms with Gasteiger partial charge in [-0.15, -0.1) is 11.3 Å². The highest BCUT2D eigenvalue weighted by atomic mass is 32.1. The molecule has 1 fully saturated rings. The van der Waals surface area contributed by atoms with Crippen molar-refractivity contribution < 1.29 is 14.0 Å². The first kappa shape index (κ1) is 17.6. The fourth-order valence-corrected chi connectivity index (χ4v) is 3.79. The molecule has 1 aromatic carbocycles. The Morgan fingerprint density at radius 3 is 2.48 bits per heavy atom. The van der Waals surface area contributed by atoms with Crippen LogP contribution in [-0.2, 0) is 4.79 Å². The van der Waals surface area contributed by atoms with Gasteiger partial charge in [-0.1, -0.05) is 6.07 Å². The highest BCUT2D eigenvalue weighted by Crippen LogP contribution is 2.22. The smallest absolute Gasteiger partial charge is 0.253 e. The van der Waals surface area contributed by atoms with Crippen molar-refractivity contribution in [3.05, 3.63) is 58.0 Å². The van der Waals surface area contributed by atoms with Crippen molar-refractivity contribution >= 4 is 23.2 Å². The summed E-state index contributed by atoms with van der Waals surface area (Å²) in [5, 5.41) is 5.06. The molecule has 1 aromatic heterocycles. The number of thiophene rings is 1. The first-order valence-electron chi connectivity index (χ1n) is 8.43. The maximum atomic E-state index is 13.0. The molecule has 4 nitrogen and oxygen atoms in total. The number of carbonyl (C=O) groups is 2. The number of likely N-dealkylation sites (tertiary alicyclic amines) is 1. The third-order valence-corrected chi connectivity index (χ3v) is 5.63. The molecule has 0 spiro atoms. The SMILES string of the molecule is CC(NC(=O)C1CCN(C(=O)c2ccc(F)cc2)CC1)c1cccs1. The summed E-state index contributed by atoms with van der Waals surface area (Å²) in [6.45, 7) is 3.07. The van der Waals surface area contributed by atoms with E-state index < -0.39 is 0 Å². The number of nitrogens with one attached hydrogen (secondary N) is 1. The topological polar surface area (TPSA) is 49.4 Å². The Kier molecular flexibility index (Phi) is 5.48. The molecule has 0 aliphatic carbocycles. The van der Waals surface area contributed by atoms with Crippen LogP contribution in [0.25, 0.3) is 0 Å². The molecular formula is C19H21FN2O2S. The third-order valence-electron chi connectivity index (χ3n) is 4.57. The van der Waals surface area contributed by atoms with Gasteiger partial charge in [0.25, 0.3) is 5.91 Å². The van der Waals surface area contributed by atoms with Crippen LogP contribution in [-0.4, -0.2) is 29.8 Å². The Hall–Kier alpha value is -2.21. The van der Waals surface area contributed by atoms with Gasteiger partial charge in [-0.3, -0.25) is 9.59 Å². The number of benzene rings is 1. The molecular weight excluding hydrogens is 339 g/mol. The molecule has 0 saturated carbocycles. The minimum atomic E-state index is -0.355. The molecule has 1 atom stereocenters. The number of piperidine rings is 1. The Morgan fingerprint density at radius 2 is 1.88 bits per heavy atom. The lowest BCUT2D eigenvalue weighted by Crippen LogP contribution is -2.43. The summed E-state index contributed by atoms with van der Waals surface area (Å²) in [5.74, 6) is -0.480. The number of carbonyl (C=O) groups excluding carboxylic acids is 2. The lowest BCUT2D eigenvalue weighted by atomic mass is 9.95. The van der Waals surface area contributed by atoms with E-state index in [2.05, 4.69) is 5.32 Å². The Morgan fingerprint density at radius 1 is 1.20 bits per heavy atom. The second kappa shape index (κ2) is 7.78. The molecule has 1 unspecified atom stereocenters. The van der Waals surface area contributed by atoms with Crippen molar-refractivity contribution in [1.29, 1.82) is 0 Å². The Balaban J connectivity index is 1.52. The first-order valence-corrected chi connectivity index (χ1v) is 9.31. The second-order valence-electron chi connectivity index (χ2n) is 6.32. The number of amides is 2. The number of hydrogen-bond donors (Lipinski definition) is 1. The Labute approximate surface area is 150 Å². The molecule has 25 heavy (non-hydrogen) atoms. The van der Waals surface area contributed by atoms with E-state index in [4.69, 9.17) is 0 Å². The van der Waals surface area contributed by atoms with Crippen molar-refractivity contribution in [2.24, 2.45) is 5.92 Å². The van der Waals surface area contributed by atoms with E-state index in [1.165, 1.54) is 24.3 Å². The third kappa shape index (κ3) is 4.25. The summed E-state index contributed by atoms with van der Waals surface area (Å²) >= 11 is 1.63. The zero-order chi connectivity index (χ0) is 17.8. The largest absolute Gasteiger partial charge is 0.349 e. The molecule has 3 rings (SSSR count). The maximum Gasteiger partial charge on any atom is 0.253 e. The molecule has 1 saturated heterocycles. The molecule has 132 valence electrons. The number of hydrogen-bond acceptors (Lipinski definition) is 3. The quantitative estimate of drug-likeness (QED) is 0.905. The average Bonchev–Trinajstić information content (AvgIpc) is 3.17. The van der Waals surface area contributed by atoms with Gasteiger partial charge in [0.15, 0.2) is 0 Å². The van der Waals surface area contributed by atoms with Gasteiger partial charge >= 0.3 is 0 Å². The molecule has 2 aromatic rings. The van der Waals surface area contributed by atoms with Crippen LogP contribution in [0.15, 0.2) is 41.8 Å². The van der Waals surface area contributed by atoms with Crippen LogP contribution in [0.2, 0.25) is 0 Å². The van der Waals surface area contributed by atoms with Crippen molar-refractivity contribution in [3.8, 4) is 0 Å². The maximum absolute atomic E-state index is 13.0. The van der Waals surface area contributed by atoms with Gasteiger partial charge < -0.3 is 10.2 Å². The summed E-state index contributed by atoms with van der Waals surface area (Å²) in [6.07, 6.45) is 1.30. The van der Waals surface area contributed by atoms with Crippen molar-refractivity contribution in [3.63, 3.8) is 0 Å². The minimum Gasteiger partial charge on any atom is -0.349 e. The monoisotopic (exact) mass is 360 g/mol. The highest BCUT2D eigenvalue weighted by molar-refractivity contribution is 7.10. The molecule has 0 bridgehead atoms. The zero-order valence-corrected chi connectivity index (χ0v) is 14.9. The van der Waals surface area contributed by atoms with Crippen LogP contribution in [0.4, 0.5) is 4.39 Å². The van der Waals surface area contributed by atoms with E-state index >= 15 is 0 Å². The standard InChI is InChI=1S/C19H21FN2O2S/c1-13(17-3-2-12-25-17)21-18(23)14-8-10-22(11-9-14)19(24)15-4-6-16(20)7-5-15/h2-7,12-14H,8-11H2,1H3,(H,21,23). The van der Waals surface area contributed by atoms with Crippen molar-refractivity contribution in [1.82, 2.24) is 10.2 Å². The molecule has 1 aliphatic heterocycles. The molecule has 0 radical (unpaired) electrons. The van der Waals surface area contributed by atoms with Crippen molar-refractivity contribution in [2.45, 2.75) is 25.8 Å². The summed E-state index contributed by atoms with van der Waals surface area (Å²) in [5.41, 5.74) is 0.482. The number of nitrogens with zero attached hydrogens (tertiary/aromatic N) is 1. The van der Waals surface area contributed by atoms with Crippen LogP contribution < -0.4 is 5.32 Å². The minimum absolute atomic E-state index is 0.00590. The zero-order valence-electron chi connectivity index (χ0n) is 14.1. The summed E-state index contributed by atoms with van der Waals surface area (Å²) < 4.78 is 13.0. The summed E-state index contributed by atoms with van der Waals surface area (Å²) in [4.78, 5) is 27.7. The van der Waals surface area contributed by atoms with Gasteiger partial charge in [-0.05, 0) is 55.5 Å². The van der Waals surface area contributed by atoms with Gasteiger partial charge in [-0.25, -0.2) is 4.39 Å². The fraction of sp³-hybridized carbons (Fsp3) is 0.368. The predicted molar refractivity (Wildman–Crippen MR) is 95.9 cm³/mol. The van der Waals surface area contributed by atoms with Crippen LogP contribution in [0.5, 0.6) is 0 Å². The highest BCUT2D eigenvalue weighted by Gasteiger charge is 2.28. The second-order valence-corrected chi connectivity index (χ2v) is 7.30. The summed E-state index contributed by atoms with van der Waals surface area (Å²) in [6, 6.07) is 9.57.